The van der Waals surface area contributed by atoms with E-state index in [4.69, 9.17) is 0 Å². The molecular formula is C34H25N. The van der Waals surface area contributed by atoms with Crippen LogP contribution in [0.5, 0.6) is 0 Å². The van der Waals surface area contributed by atoms with Gasteiger partial charge in [0.25, 0.3) is 0 Å². The van der Waals surface area contributed by atoms with E-state index in [-0.39, 0.29) is 0 Å². The van der Waals surface area contributed by atoms with Crippen molar-refractivity contribution >= 4 is 29.2 Å². The molecule has 0 saturated heterocycles. The van der Waals surface area contributed by atoms with Crippen molar-refractivity contribution in [3.05, 3.63) is 162 Å². The fourth-order valence-electron chi connectivity index (χ4n) is 3.87. The van der Waals surface area contributed by atoms with Crippen molar-refractivity contribution in [1.82, 2.24) is 0 Å². The third-order valence-corrected chi connectivity index (χ3v) is 5.68. The van der Waals surface area contributed by atoms with Crippen molar-refractivity contribution in [1.29, 1.82) is 0 Å². The largest absolute Gasteiger partial charge is 0.311 e. The van der Waals surface area contributed by atoms with Crippen LogP contribution in [0.2, 0.25) is 0 Å². The smallest absolute Gasteiger partial charge is 0.0462 e. The summed E-state index contributed by atoms with van der Waals surface area (Å²) in [6.07, 6.45) is 4.24. The van der Waals surface area contributed by atoms with Gasteiger partial charge in [-0.3, -0.25) is 0 Å². The number of anilines is 3. The molecule has 5 rings (SSSR count). The van der Waals surface area contributed by atoms with Crippen molar-refractivity contribution in [3.8, 4) is 11.8 Å². The van der Waals surface area contributed by atoms with Gasteiger partial charge in [-0.1, -0.05) is 103 Å². The van der Waals surface area contributed by atoms with E-state index in [9.17, 15) is 0 Å². The van der Waals surface area contributed by atoms with Crippen molar-refractivity contribution < 1.29 is 0 Å². The Morgan fingerprint density at radius 2 is 0.743 bits per heavy atom. The van der Waals surface area contributed by atoms with Crippen LogP contribution in [0.15, 0.2) is 140 Å². The molecule has 5 aromatic rings. The van der Waals surface area contributed by atoms with Crippen molar-refractivity contribution in [3.63, 3.8) is 0 Å². The van der Waals surface area contributed by atoms with Gasteiger partial charge in [0.05, 0.1) is 0 Å². The molecule has 0 spiro atoms. The van der Waals surface area contributed by atoms with E-state index in [1.54, 1.807) is 0 Å². The van der Waals surface area contributed by atoms with Crippen LogP contribution in [-0.2, 0) is 0 Å². The average molecular weight is 448 g/mol. The monoisotopic (exact) mass is 447 g/mol. The lowest BCUT2D eigenvalue weighted by atomic mass is 10.1. The fraction of sp³-hybridized carbons (Fsp3) is 0. The zero-order chi connectivity index (χ0) is 23.7. The van der Waals surface area contributed by atoms with Crippen molar-refractivity contribution in [2.45, 2.75) is 0 Å². The Morgan fingerprint density at radius 1 is 0.371 bits per heavy atom. The first-order valence-corrected chi connectivity index (χ1v) is 11.7. The molecule has 0 aliphatic heterocycles. The van der Waals surface area contributed by atoms with E-state index >= 15 is 0 Å². The Hall–Kier alpha value is -4.80. The number of nitrogens with zero attached hydrogens (tertiary/aromatic N) is 1. The summed E-state index contributed by atoms with van der Waals surface area (Å²) in [6.45, 7) is 0. The normalized spacial score (nSPS) is 10.5. The fourth-order valence-corrected chi connectivity index (χ4v) is 3.87. The van der Waals surface area contributed by atoms with E-state index in [0.717, 1.165) is 33.8 Å². The zero-order valence-electron chi connectivity index (χ0n) is 19.4. The minimum Gasteiger partial charge on any atom is -0.311 e. The van der Waals surface area contributed by atoms with E-state index in [1.807, 2.05) is 30.3 Å². The van der Waals surface area contributed by atoms with E-state index < -0.39 is 0 Å². The van der Waals surface area contributed by atoms with Gasteiger partial charge in [0.15, 0.2) is 0 Å². The molecule has 0 fully saturated rings. The van der Waals surface area contributed by atoms with Crippen LogP contribution in [0.25, 0.3) is 12.2 Å². The molecule has 0 radical (unpaired) electrons. The molecule has 0 bridgehead atoms. The number of rotatable bonds is 5. The average Bonchev–Trinajstić information content (AvgIpc) is 2.94. The van der Waals surface area contributed by atoms with E-state index in [1.165, 1.54) is 5.56 Å². The van der Waals surface area contributed by atoms with E-state index in [0.29, 0.717) is 0 Å². The van der Waals surface area contributed by atoms with Gasteiger partial charge >= 0.3 is 0 Å². The Kier molecular flexibility index (Phi) is 6.84. The Bertz CT molecular complexity index is 1400. The summed E-state index contributed by atoms with van der Waals surface area (Å²) in [5.41, 5.74) is 7.69. The summed E-state index contributed by atoms with van der Waals surface area (Å²) in [4.78, 5) is 2.25. The third-order valence-electron chi connectivity index (χ3n) is 5.68. The Labute approximate surface area is 207 Å². The maximum absolute atomic E-state index is 3.30. The minimum atomic E-state index is 0.989. The first-order valence-electron chi connectivity index (χ1n) is 11.7. The molecule has 0 unspecified atom stereocenters. The standard InChI is InChI=1S/C34H25N/c1-4-10-28(11-5-1)16-17-29-18-20-30(21-19-29)22-23-31-24-26-34(27-25-31)35(32-12-6-2-7-13-32)33-14-8-3-9-15-33/h1-21,24-27H/b17-16+. The molecule has 0 amide bonds. The van der Waals surface area contributed by atoms with Crippen molar-refractivity contribution in [2.75, 3.05) is 4.90 Å². The van der Waals surface area contributed by atoms with Crippen LogP contribution in [-0.4, -0.2) is 0 Å². The van der Waals surface area contributed by atoms with Crippen LogP contribution in [0.3, 0.4) is 0 Å². The van der Waals surface area contributed by atoms with Gasteiger partial charge in [0.2, 0.25) is 0 Å². The van der Waals surface area contributed by atoms with Gasteiger partial charge in [-0.15, -0.1) is 0 Å². The highest BCUT2D eigenvalue weighted by Gasteiger charge is 2.11. The van der Waals surface area contributed by atoms with Crippen LogP contribution >= 0.6 is 0 Å². The van der Waals surface area contributed by atoms with E-state index in [2.05, 4.69) is 138 Å². The lowest BCUT2D eigenvalue weighted by molar-refractivity contribution is 1.28. The molecule has 1 heteroatoms. The summed E-state index contributed by atoms with van der Waals surface area (Å²) >= 11 is 0. The maximum atomic E-state index is 3.30. The van der Waals surface area contributed by atoms with Gasteiger partial charge in [0, 0.05) is 28.2 Å². The number of para-hydroxylation sites is 2. The second-order valence-corrected chi connectivity index (χ2v) is 8.17. The molecule has 0 aliphatic rings. The SMILES string of the molecule is C(#Cc1ccc(N(c2ccccc2)c2ccccc2)cc1)c1ccc(/C=C/c2ccccc2)cc1. The summed E-state index contributed by atoms with van der Waals surface area (Å²) in [5, 5.41) is 0. The summed E-state index contributed by atoms with van der Waals surface area (Å²) in [5.74, 6) is 6.58. The highest BCUT2D eigenvalue weighted by Crippen LogP contribution is 2.33. The molecule has 0 atom stereocenters. The number of hydrogen-bond donors (Lipinski definition) is 0. The van der Waals surface area contributed by atoms with Gasteiger partial charge in [-0.05, 0) is 71.8 Å². The highest BCUT2D eigenvalue weighted by atomic mass is 15.1. The first-order chi connectivity index (χ1) is 17.3. The summed E-state index contributed by atoms with van der Waals surface area (Å²) < 4.78 is 0. The van der Waals surface area contributed by atoms with Gasteiger partial charge in [-0.25, -0.2) is 0 Å². The minimum absolute atomic E-state index is 0.989. The molecule has 1 nitrogen and oxygen atoms in total. The lowest BCUT2D eigenvalue weighted by Crippen LogP contribution is -2.09. The zero-order valence-corrected chi connectivity index (χ0v) is 19.4. The predicted molar refractivity (Wildman–Crippen MR) is 149 cm³/mol. The van der Waals surface area contributed by atoms with Gasteiger partial charge in [0.1, 0.15) is 0 Å². The van der Waals surface area contributed by atoms with Crippen LogP contribution in [0, 0.1) is 11.8 Å². The maximum Gasteiger partial charge on any atom is 0.0462 e. The van der Waals surface area contributed by atoms with Crippen LogP contribution in [0.1, 0.15) is 22.3 Å². The quantitative estimate of drug-likeness (QED) is 0.192. The lowest BCUT2D eigenvalue weighted by Gasteiger charge is -2.25. The van der Waals surface area contributed by atoms with Gasteiger partial charge in [-0.2, -0.15) is 0 Å². The molecule has 0 aromatic heterocycles. The second kappa shape index (κ2) is 10.9. The molecule has 0 aliphatic carbocycles. The highest BCUT2D eigenvalue weighted by molar-refractivity contribution is 5.76. The predicted octanol–water partition coefficient (Wildman–Crippen LogP) is 8.73. The summed E-state index contributed by atoms with van der Waals surface area (Å²) in [7, 11) is 0. The topological polar surface area (TPSA) is 3.24 Å². The molecule has 0 N–H and O–H groups in total. The molecule has 0 saturated carbocycles. The Balaban J connectivity index is 1.32. The molecule has 5 aromatic carbocycles. The van der Waals surface area contributed by atoms with Crippen LogP contribution in [0.4, 0.5) is 17.1 Å². The van der Waals surface area contributed by atoms with Crippen LogP contribution < -0.4 is 4.90 Å². The molecule has 35 heavy (non-hydrogen) atoms. The molecule has 166 valence electrons. The number of hydrogen-bond acceptors (Lipinski definition) is 1. The Morgan fingerprint density at radius 3 is 1.23 bits per heavy atom. The number of benzene rings is 5. The van der Waals surface area contributed by atoms with Crippen molar-refractivity contribution in [2.24, 2.45) is 0 Å². The second-order valence-electron chi connectivity index (χ2n) is 8.17. The summed E-state index contributed by atoms with van der Waals surface area (Å²) in [6, 6.07) is 47.9. The third kappa shape index (κ3) is 5.77. The first kappa shape index (κ1) is 22.0. The molecular weight excluding hydrogens is 422 g/mol. The molecule has 0 heterocycles. The van der Waals surface area contributed by atoms with Gasteiger partial charge < -0.3 is 4.90 Å².